The van der Waals surface area contributed by atoms with Crippen molar-refractivity contribution in [3.8, 4) is 0 Å². The second-order valence-corrected chi connectivity index (χ2v) is 4.55. The van der Waals surface area contributed by atoms with Crippen LogP contribution in [0, 0.1) is 0 Å². The van der Waals surface area contributed by atoms with Crippen molar-refractivity contribution in [1.29, 1.82) is 0 Å². The lowest BCUT2D eigenvalue weighted by atomic mass is 10.5. The molecule has 0 saturated heterocycles. The molecule has 0 fully saturated rings. The highest BCUT2D eigenvalue weighted by atomic mass is 32.2. The van der Waals surface area contributed by atoms with Gasteiger partial charge in [-0.1, -0.05) is 0 Å². The summed E-state index contributed by atoms with van der Waals surface area (Å²) in [6.45, 7) is 0. The second kappa shape index (κ2) is 3.26. The number of hydrogen-bond acceptors (Lipinski definition) is 3. The van der Waals surface area contributed by atoms with E-state index < -0.39 is 10.0 Å². The number of hydrogen-bond donors (Lipinski definition) is 0. The first-order valence-corrected chi connectivity index (χ1v) is 5.44. The first-order chi connectivity index (χ1) is 6.71. The zero-order valence-electron chi connectivity index (χ0n) is 7.24. The van der Waals surface area contributed by atoms with E-state index in [-0.39, 0.29) is 4.90 Å². The first kappa shape index (κ1) is 8.96. The van der Waals surface area contributed by atoms with Crippen LogP contribution in [0.15, 0.2) is 53.9 Å². The summed E-state index contributed by atoms with van der Waals surface area (Å²) < 4.78 is 24.8. The Bertz CT molecular complexity index is 503. The molecule has 0 aromatic carbocycles. The number of rotatable bonds is 2. The molecule has 0 aliphatic carbocycles. The summed E-state index contributed by atoms with van der Waals surface area (Å²) in [4.78, 5) is 3.96. The Morgan fingerprint density at radius 1 is 1.14 bits per heavy atom. The highest BCUT2D eigenvalue weighted by Crippen LogP contribution is 2.11. The Balaban J connectivity index is 2.55. The van der Waals surface area contributed by atoms with Crippen molar-refractivity contribution in [1.82, 2.24) is 8.96 Å². The van der Waals surface area contributed by atoms with Crippen LogP contribution in [-0.2, 0) is 10.0 Å². The Hall–Kier alpha value is -1.62. The molecule has 2 rings (SSSR count). The lowest BCUT2D eigenvalue weighted by Gasteiger charge is -2.03. The van der Waals surface area contributed by atoms with Gasteiger partial charge in [0.25, 0.3) is 10.0 Å². The lowest BCUT2D eigenvalue weighted by Crippen LogP contribution is -2.10. The topological polar surface area (TPSA) is 52.0 Å². The molecule has 0 spiro atoms. The Labute approximate surface area is 81.9 Å². The Kier molecular flexibility index (Phi) is 2.09. The van der Waals surface area contributed by atoms with Gasteiger partial charge in [-0.15, -0.1) is 0 Å². The third kappa shape index (κ3) is 1.42. The lowest BCUT2D eigenvalue weighted by molar-refractivity contribution is 0.587. The van der Waals surface area contributed by atoms with Crippen LogP contribution < -0.4 is 0 Å². The number of nitrogens with zero attached hydrogens (tertiary/aromatic N) is 2. The minimum atomic E-state index is -3.44. The van der Waals surface area contributed by atoms with E-state index in [1.165, 1.54) is 30.9 Å². The van der Waals surface area contributed by atoms with Crippen molar-refractivity contribution in [2.24, 2.45) is 0 Å². The van der Waals surface area contributed by atoms with Gasteiger partial charge in [0, 0.05) is 24.8 Å². The van der Waals surface area contributed by atoms with Gasteiger partial charge in [-0.05, 0) is 24.3 Å². The predicted molar refractivity (Wildman–Crippen MR) is 51.3 cm³/mol. The molecular weight excluding hydrogens is 200 g/mol. The number of pyridine rings is 1. The molecule has 0 aliphatic rings. The smallest absolute Gasteiger partial charge is 0.263 e. The molecule has 0 amide bonds. The zero-order valence-corrected chi connectivity index (χ0v) is 8.05. The molecule has 0 unspecified atom stereocenters. The standard InChI is InChI=1S/C9H8N2O2S/c12-14(13,11-6-1-2-7-11)9-4-3-5-10-8-9/h1-8H. The maximum absolute atomic E-state index is 11.8. The van der Waals surface area contributed by atoms with Crippen molar-refractivity contribution in [3.05, 3.63) is 49.1 Å². The van der Waals surface area contributed by atoms with Crippen molar-refractivity contribution in [3.63, 3.8) is 0 Å². The molecule has 2 aromatic heterocycles. The largest absolute Gasteiger partial charge is 0.269 e. The van der Waals surface area contributed by atoms with Gasteiger partial charge in [-0.2, -0.15) is 0 Å². The summed E-state index contributed by atoms with van der Waals surface area (Å²) in [6.07, 6.45) is 5.84. The van der Waals surface area contributed by atoms with Gasteiger partial charge in [0.05, 0.1) is 0 Å². The van der Waals surface area contributed by atoms with Gasteiger partial charge >= 0.3 is 0 Å². The average molecular weight is 208 g/mol. The van der Waals surface area contributed by atoms with Gasteiger partial charge < -0.3 is 0 Å². The molecule has 0 atom stereocenters. The van der Waals surface area contributed by atoms with Gasteiger partial charge in [0.1, 0.15) is 4.90 Å². The second-order valence-electron chi connectivity index (χ2n) is 2.71. The zero-order chi connectivity index (χ0) is 10.0. The fourth-order valence-electron chi connectivity index (χ4n) is 1.10. The summed E-state index contributed by atoms with van der Waals surface area (Å²) in [6, 6.07) is 6.43. The Morgan fingerprint density at radius 2 is 1.86 bits per heavy atom. The fraction of sp³-hybridized carbons (Fsp3) is 0. The maximum Gasteiger partial charge on any atom is 0.269 e. The van der Waals surface area contributed by atoms with Crippen molar-refractivity contribution in [2.75, 3.05) is 0 Å². The van der Waals surface area contributed by atoms with E-state index in [0.29, 0.717) is 0 Å². The van der Waals surface area contributed by atoms with Crippen LogP contribution in [0.3, 0.4) is 0 Å². The summed E-state index contributed by atoms with van der Waals surface area (Å²) in [5, 5.41) is 0. The van der Waals surface area contributed by atoms with Crippen LogP contribution >= 0.6 is 0 Å². The van der Waals surface area contributed by atoms with Crippen LogP contribution in [0.2, 0.25) is 0 Å². The van der Waals surface area contributed by atoms with E-state index in [0.717, 1.165) is 3.97 Å². The van der Waals surface area contributed by atoms with E-state index in [4.69, 9.17) is 0 Å². The summed E-state index contributed by atoms with van der Waals surface area (Å²) in [7, 11) is -3.44. The maximum atomic E-state index is 11.8. The van der Waals surface area contributed by atoms with E-state index >= 15 is 0 Å². The molecule has 4 nitrogen and oxygen atoms in total. The molecule has 0 aliphatic heterocycles. The van der Waals surface area contributed by atoms with Crippen molar-refractivity contribution in [2.45, 2.75) is 4.90 Å². The normalized spacial score (nSPS) is 11.4. The van der Waals surface area contributed by atoms with Crippen LogP contribution in [-0.4, -0.2) is 17.4 Å². The van der Waals surface area contributed by atoms with E-state index in [1.54, 1.807) is 18.2 Å². The molecule has 2 aromatic rings. The predicted octanol–water partition coefficient (Wildman–Crippen LogP) is 1.12. The highest BCUT2D eigenvalue weighted by Gasteiger charge is 2.14. The Morgan fingerprint density at radius 3 is 2.43 bits per heavy atom. The summed E-state index contributed by atoms with van der Waals surface area (Å²) in [5.41, 5.74) is 0. The van der Waals surface area contributed by atoms with E-state index in [9.17, 15) is 8.42 Å². The number of aromatic nitrogens is 2. The third-order valence-corrected chi connectivity index (χ3v) is 3.42. The average Bonchev–Trinajstić information content (AvgIpc) is 2.72. The van der Waals surface area contributed by atoms with Gasteiger partial charge in [-0.25, -0.2) is 12.4 Å². The van der Waals surface area contributed by atoms with Crippen LogP contribution in [0.4, 0.5) is 0 Å². The van der Waals surface area contributed by atoms with Crippen LogP contribution in [0.25, 0.3) is 0 Å². The SMILES string of the molecule is O=S(=O)(c1cccnc1)n1cccc1. The van der Waals surface area contributed by atoms with Crippen molar-refractivity contribution >= 4 is 10.0 Å². The molecule has 0 bridgehead atoms. The monoisotopic (exact) mass is 208 g/mol. The quantitative estimate of drug-likeness (QED) is 0.743. The van der Waals surface area contributed by atoms with E-state index in [1.807, 2.05) is 0 Å². The molecular formula is C9H8N2O2S. The highest BCUT2D eigenvalue weighted by molar-refractivity contribution is 7.90. The van der Waals surface area contributed by atoms with E-state index in [2.05, 4.69) is 4.98 Å². The molecule has 72 valence electrons. The molecule has 0 saturated carbocycles. The van der Waals surface area contributed by atoms with Crippen LogP contribution in [0.5, 0.6) is 0 Å². The summed E-state index contributed by atoms with van der Waals surface area (Å²) in [5.74, 6) is 0. The van der Waals surface area contributed by atoms with Crippen LogP contribution in [0.1, 0.15) is 0 Å². The molecule has 5 heteroatoms. The third-order valence-electron chi connectivity index (χ3n) is 1.79. The molecule has 0 radical (unpaired) electrons. The molecule has 2 heterocycles. The molecule has 14 heavy (non-hydrogen) atoms. The summed E-state index contributed by atoms with van der Waals surface area (Å²) >= 11 is 0. The van der Waals surface area contributed by atoms with Crippen molar-refractivity contribution < 1.29 is 8.42 Å². The minimum absolute atomic E-state index is 0.191. The van der Waals surface area contributed by atoms with Gasteiger partial charge in [-0.3, -0.25) is 4.98 Å². The minimum Gasteiger partial charge on any atom is -0.263 e. The van der Waals surface area contributed by atoms with Gasteiger partial charge in [0.2, 0.25) is 0 Å². The molecule has 0 N–H and O–H groups in total. The fourth-order valence-corrected chi connectivity index (χ4v) is 2.25. The first-order valence-electron chi connectivity index (χ1n) is 4.00. The van der Waals surface area contributed by atoms with Gasteiger partial charge in [0.15, 0.2) is 0 Å².